The molecule has 1 heterocycles. The Labute approximate surface area is 106 Å². The molecule has 1 aliphatic rings. The molecule has 0 spiro atoms. The summed E-state index contributed by atoms with van der Waals surface area (Å²) in [4.78, 5) is 10.9. The summed E-state index contributed by atoms with van der Waals surface area (Å²) in [7, 11) is -3.69. The summed E-state index contributed by atoms with van der Waals surface area (Å²) in [5.41, 5.74) is 6.54. The van der Waals surface area contributed by atoms with Crippen LogP contribution in [0.15, 0.2) is 23.1 Å². The number of hydrogen-bond donors (Lipinski definition) is 3. The number of nitrogens with one attached hydrogen (secondary N) is 2. The smallest absolute Gasteiger partial charge is 0.241 e. The van der Waals surface area contributed by atoms with Crippen LogP contribution in [0, 0.1) is 0 Å². The van der Waals surface area contributed by atoms with Crippen molar-refractivity contribution in [1.29, 1.82) is 0 Å². The van der Waals surface area contributed by atoms with E-state index in [-0.39, 0.29) is 11.4 Å². The first-order valence-corrected chi connectivity index (χ1v) is 7.13. The molecule has 1 aromatic carbocycles. The molecule has 18 heavy (non-hydrogen) atoms. The van der Waals surface area contributed by atoms with Crippen LogP contribution in [0.2, 0.25) is 0 Å². The molecule has 1 amide bonds. The lowest BCUT2D eigenvalue weighted by atomic mass is 10.0. The number of sulfonamides is 1. The summed E-state index contributed by atoms with van der Waals surface area (Å²) in [5, 5.41) is 3.16. The minimum atomic E-state index is -3.69. The van der Waals surface area contributed by atoms with Crippen LogP contribution < -0.4 is 15.8 Å². The Morgan fingerprint density at radius 1 is 1.44 bits per heavy atom. The van der Waals surface area contributed by atoms with Crippen molar-refractivity contribution in [3.05, 3.63) is 23.8 Å². The van der Waals surface area contributed by atoms with E-state index in [1.54, 1.807) is 6.07 Å². The number of carbonyl (C=O) groups is 1. The molecule has 2 rings (SSSR count). The van der Waals surface area contributed by atoms with Crippen molar-refractivity contribution in [2.24, 2.45) is 5.73 Å². The lowest BCUT2D eigenvalue weighted by Gasteiger charge is -2.20. The van der Waals surface area contributed by atoms with Gasteiger partial charge in [-0.25, -0.2) is 13.1 Å². The van der Waals surface area contributed by atoms with E-state index < -0.39 is 15.9 Å². The van der Waals surface area contributed by atoms with Gasteiger partial charge in [0.1, 0.15) is 0 Å². The van der Waals surface area contributed by atoms with E-state index in [0.29, 0.717) is 6.42 Å². The van der Waals surface area contributed by atoms with E-state index in [0.717, 1.165) is 24.2 Å². The van der Waals surface area contributed by atoms with Gasteiger partial charge in [-0.1, -0.05) is 6.07 Å². The maximum atomic E-state index is 12.1. The number of rotatable bonds is 4. The van der Waals surface area contributed by atoms with Gasteiger partial charge < -0.3 is 11.1 Å². The van der Waals surface area contributed by atoms with Gasteiger partial charge in [-0.05, 0) is 30.5 Å². The first-order valence-electron chi connectivity index (χ1n) is 5.64. The second-order valence-electron chi connectivity index (χ2n) is 4.10. The number of fused-ring (bicyclic) bond motifs is 1. The van der Waals surface area contributed by atoms with E-state index in [1.165, 1.54) is 6.07 Å². The van der Waals surface area contributed by atoms with Crippen molar-refractivity contribution in [3.63, 3.8) is 0 Å². The van der Waals surface area contributed by atoms with Crippen molar-refractivity contribution in [3.8, 4) is 0 Å². The number of hydrogen-bond acceptors (Lipinski definition) is 4. The highest BCUT2D eigenvalue weighted by Crippen LogP contribution is 2.28. The number of carbonyl (C=O) groups excluding carboxylic acids is 1. The lowest BCUT2D eigenvalue weighted by Crippen LogP contribution is -2.34. The Hall–Kier alpha value is -1.60. The van der Waals surface area contributed by atoms with Crippen LogP contribution in [0.25, 0.3) is 0 Å². The van der Waals surface area contributed by atoms with Gasteiger partial charge in [0, 0.05) is 12.2 Å². The van der Waals surface area contributed by atoms with Crippen molar-refractivity contribution >= 4 is 21.6 Å². The van der Waals surface area contributed by atoms with Crippen LogP contribution in [0.4, 0.5) is 5.69 Å². The summed E-state index contributed by atoms with van der Waals surface area (Å²) in [6.07, 6.45) is 1.59. The van der Waals surface area contributed by atoms with Gasteiger partial charge in [-0.15, -0.1) is 0 Å². The number of amides is 1. The van der Waals surface area contributed by atoms with E-state index in [2.05, 4.69) is 10.0 Å². The average Bonchev–Trinajstić information content (AvgIpc) is 2.36. The Morgan fingerprint density at radius 2 is 2.22 bits per heavy atom. The minimum Gasteiger partial charge on any atom is -0.385 e. The van der Waals surface area contributed by atoms with Crippen LogP contribution in [-0.4, -0.2) is 27.4 Å². The van der Waals surface area contributed by atoms with E-state index >= 15 is 0 Å². The van der Waals surface area contributed by atoms with Gasteiger partial charge >= 0.3 is 0 Å². The number of anilines is 1. The van der Waals surface area contributed by atoms with Crippen molar-refractivity contribution in [2.75, 3.05) is 18.4 Å². The third-order valence-electron chi connectivity index (χ3n) is 2.78. The van der Waals surface area contributed by atoms with Crippen molar-refractivity contribution in [2.45, 2.75) is 17.7 Å². The number of primary amides is 1. The highest BCUT2D eigenvalue weighted by atomic mass is 32.2. The normalized spacial score (nSPS) is 14.7. The quantitative estimate of drug-likeness (QED) is 0.705. The maximum absolute atomic E-state index is 12.1. The molecule has 98 valence electrons. The Bertz CT molecular complexity index is 569. The zero-order chi connectivity index (χ0) is 13.2. The SMILES string of the molecule is NC(=O)CNS(=O)(=O)c1cccc2c1CCCN2. The van der Waals surface area contributed by atoms with Gasteiger partial charge in [0.25, 0.3) is 0 Å². The molecule has 0 unspecified atom stereocenters. The van der Waals surface area contributed by atoms with Crippen molar-refractivity contribution in [1.82, 2.24) is 4.72 Å². The molecule has 0 aliphatic carbocycles. The van der Waals surface area contributed by atoms with Gasteiger partial charge in [0.05, 0.1) is 11.4 Å². The Morgan fingerprint density at radius 3 is 2.94 bits per heavy atom. The molecule has 1 aromatic rings. The molecule has 0 atom stereocenters. The zero-order valence-corrected chi connectivity index (χ0v) is 10.6. The summed E-state index contributed by atoms with van der Waals surface area (Å²) < 4.78 is 26.3. The second kappa shape index (κ2) is 4.95. The van der Waals surface area contributed by atoms with Gasteiger partial charge in [-0.2, -0.15) is 0 Å². The number of nitrogens with two attached hydrogens (primary N) is 1. The third kappa shape index (κ3) is 2.62. The molecule has 0 aromatic heterocycles. The topological polar surface area (TPSA) is 101 Å². The van der Waals surface area contributed by atoms with Crippen LogP contribution in [-0.2, 0) is 21.2 Å². The lowest BCUT2D eigenvalue weighted by molar-refractivity contribution is -0.116. The van der Waals surface area contributed by atoms with Gasteiger partial charge in [0.2, 0.25) is 15.9 Å². The number of benzene rings is 1. The van der Waals surface area contributed by atoms with Crippen LogP contribution in [0.3, 0.4) is 0 Å². The standard InChI is InChI=1S/C11H15N3O3S/c12-11(15)7-14-18(16,17)10-5-1-4-9-8(10)3-2-6-13-9/h1,4-5,13-14H,2-3,6-7H2,(H2,12,15). The summed E-state index contributed by atoms with van der Waals surface area (Å²) in [6.45, 7) is 0.449. The fourth-order valence-electron chi connectivity index (χ4n) is 1.97. The third-order valence-corrected chi connectivity index (χ3v) is 4.26. The molecule has 0 saturated heterocycles. The summed E-state index contributed by atoms with van der Waals surface area (Å²) >= 11 is 0. The predicted molar refractivity (Wildman–Crippen MR) is 67.6 cm³/mol. The molecule has 0 bridgehead atoms. The molecule has 7 heteroatoms. The van der Waals surface area contributed by atoms with E-state index in [4.69, 9.17) is 5.73 Å². The van der Waals surface area contributed by atoms with Crippen LogP contribution in [0.1, 0.15) is 12.0 Å². The Kier molecular flexibility index (Phi) is 3.53. The first kappa shape index (κ1) is 12.8. The first-order chi connectivity index (χ1) is 8.50. The van der Waals surface area contributed by atoms with E-state index in [1.807, 2.05) is 6.07 Å². The summed E-state index contributed by atoms with van der Waals surface area (Å²) in [5.74, 6) is -0.707. The van der Waals surface area contributed by atoms with Crippen LogP contribution in [0.5, 0.6) is 0 Å². The fraction of sp³-hybridized carbons (Fsp3) is 0.364. The highest BCUT2D eigenvalue weighted by molar-refractivity contribution is 7.89. The fourth-order valence-corrected chi connectivity index (χ4v) is 3.25. The van der Waals surface area contributed by atoms with E-state index in [9.17, 15) is 13.2 Å². The molecule has 0 fully saturated rings. The zero-order valence-electron chi connectivity index (χ0n) is 9.77. The highest BCUT2D eigenvalue weighted by Gasteiger charge is 2.22. The largest absolute Gasteiger partial charge is 0.385 e. The molecular formula is C11H15N3O3S. The monoisotopic (exact) mass is 269 g/mol. The molecule has 1 aliphatic heterocycles. The molecular weight excluding hydrogens is 254 g/mol. The molecule has 0 radical (unpaired) electrons. The molecule has 4 N–H and O–H groups in total. The second-order valence-corrected chi connectivity index (χ2v) is 5.84. The average molecular weight is 269 g/mol. The van der Waals surface area contributed by atoms with Crippen molar-refractivity contribution < 1.29 is 13.2 Å². The van der Waals surface area contributed by atoms with Gasteiger partial charge in [-0.3, -0.25) is 4.79 Å². The Balaban J connectivity index is 2.35. The maximum Gasteiger partial charge on any atom is 0.241 e. The molecule has 0 saturated carbocycles. The van der Waals surface area contributed by atoms with Crippen LogP contribution >= 0.6 is 0 Å². The molecule has 6 nitrogen and oxygen atoms in total. The minimum absolute atomic E-state index is 0.216. The van der Waals surface area contributed by atoms with Gasteiger partial charge in [0.15, 0.2) is 0 Å². The predicted octanol–water partition coefficient (Wildman–Crippen LogP) is -0.192. The summed E-state index contributed by atoms with van der Waals surface area (Å²) in [6, 6.07) is 5.06.